The number of nitrogens with two attached hydrogens (primary N) is 1. The van der Waals surface area contributed by atoms with E-state index in [9.17, 15) is 4.79 Å². The number of hydrogen-bond acceptors (Lipinski definition) is 3. The number of amides is 1. The molecule has 0 saturated carbocycles. The van der Waals surface area contributed by atoms with Crippen LogP contribution in [0.2, 0.25) is 0 Å². The topological polar surface area (TPSA) is 58.4 Å². The third-order valence-electron chi connectivity index (χ3n) is 4.47. The Hall–Kier alpha value is -1.10. The standard InChI is InChI=1S/C18H31N3O.ClH/c1-5-14(4)17(19)18(22)20-13-16(21(6-2)7-3)15-11-9-8-10-12-15;/h8-12,14,16-17H,5-7,13,19H2,1-4H3,(H,20,22);1H. The van der Waals surface area contributed by atoms with Gasteiger partial charge in [-0.2, -0.15) is 0 Å². The Morgan fingerprint density at radius 1 is 1.17 bits per heavy atom. The molecule has 23 heavy (non-hydrogen) atoms. The van der Waals surface area contributed by atoms with Gasteiger partial charge in [0.2, 0.25) is 5.91 Å². The second-order valence-electron chi connectivity index (χ2n) is 5.80. The fourth-order valence-electron chi connectivity index (χ4n) is 2.62. The highest BCUT2D eigenvalue weighted by Crippen LogP contribution is 2.19. The molecule has 4 nitrogen and oxygen atoms in total. The van der Waals surface area contributed by atoms with E-state index in [1.807, 2.05) is 25.1 Å². The molecule has 0 saturated heterocycles. The maximum absolute atomic E-state index is 12.2. The third kappa shape index (κ3) is 6.50. The van der Waals surface area contributed by atoms with Crippen LogP contribution in [0.25, 0.3) is 0 Å². The fraction of sp³-hybridized carbons (Fsp3) is 0.611. The number of carbonyl (C=O) groups excluding carboxylic acids is 1. The number of benzene rings is 1. The Morgan fingerprint density at radius 3 is 2.22 bits per heavy atom. The number of halogens is 1. The van der Waals surface area contributed by atoms with Crippen molar-refractivity contribution in [1.29, 1.82) is 0 Å². The van der Waals surface area contributed by atoms with Crippen LogP contribution >= 0.6 is 12.4 Å². The molecular weight excluding hydrogens is 310 g/mol. The molecular formula is C18H32ClN3O. The van der Waals surface area contributed by atoms with Crippen molar-refractivity contribution in [2.75, 3.05) is 19.6 Å². The quantitative estimate of drug-likeness (QED) is 0.726. The van der Waals surface area contributed by atoms with Gasteiger partial charge in [-0.1, -0.05) is 64.4 Å². The number of likely N-dealkylation sites (N-methyl/N-ethyl adjacent to an activating group) is 1. The van der Waals surface area contributed by atoms with E-state index in [0.717, 1.165) is 19.5 Å². The van der Waals surface area contributed by atoms with Crippen LogP contribution in [0.1, 0.15) is 45.7 Å². The maximum atomic E-state index is 12.2. The van der Waals surface area contributed by atoms with Crippen LogP contribution in [0.15, 0.2) is 30.3 Å². The van der Waals surface area contributed by atoms with Crippen molar-refractivity contribution in [2.45, 2.75) is 46.2 Å². The fourth-order valence-corrected chi connectivity index (χ4v) is 2.62. The van der Waals surface area contributed by atoms with E-state index in [1.165, 1.54) is 5.56 Å². The van der Waals surface area contributed by atoms with Crippen molar-refractivity contribution >= 4 is 18.3 Å². The molecule has 0 aliphatic rings. The summed E-state index contributed by atoms with van der Waals surface area (Å²) in [6.07, 6.45) is 0.909. The maximum Gasteiger partial charge on any atom is 0.237 e. The van der Waals surface area contributed by atoms with Gasteiger partial charge in [0.15, 0.2) is 0 Å². The molecule has 3 unspecified atom stereocenters. The van der Waals surface area contributed by atoms with Gasteiger partial charge in [0.25, 0.3) is 0 Å². The lowest BCUT2D eigenvalue weighted by atomic mass is 9.99. The van der Waals surface area contributed by atoms with Crippen molar-refractivity contribution in [3.05, 3.63) is 35.9 Å². The van der Waals surface area contributed by atoms with Gasteiger partial charge in [0.1, 0.15) is 0 Å². The van der Waals surface area contributed by atoms with Gasteiger partial charge >= 0.3 is 0 Å². The molecule has 0 spiro atoms. The molecule has 0 radical (unpaired) electrons. The smallest absolute Gasteiger partial charge is 0.237 e. The van der Waals surface area contributed by atoms with Crippen molar-refractivity contribution in [2.24, 2.45) is 11.7 Å². The van der Waals surface area contributed by atoms with E-state index < -0.39 is 6.04 Å². The Labute approximate surface area is 147 Å². The van der Waals surface area contributed by atoms with Crippen LogP contribution in [0.3, 0.4) is 0 Å². The van der Waals surface area contributed by atoms with Gasteiger partial charge < -0.3 is 11.1 Å². The van der Waals surface area contributed by atoms with Gasteiger partial charge in [0.05, 0.1) is 12.1 Å². The van der Waals surface area contributed by atoms with Crippen molar-refractivity contribution in [1.82, 2.24) is 10.2 Å². The highest BCUT2D eigenvalue weighted by molar-refractivity contribution is 5.85. The zero-order chi connectivity index (χ0) is 16.5. The van der Waals surface area contributed by atoms with Gasteiger partial charge in [0, 0.05) is 6.54 Å². The zero-order valence-electron chi connectivity index (χ0n) is 14.8. The minimum Gasteiger partial charge on any atom is -0.353 e. The lowest BCUT2D eigenvalue weighted by Gasteiger charge is -2.31. The molecule has 1 aromatic rings. The summed E-state index contributed by atoms with van der Waals surface area (Å²) in [5, 5.41) is 3.04. The summed E-state index contributed by atoms with van der Waals surface area (Å²) in [6.45, 7) is 10.9. The molecule has 0 heterocycles. The highest BCUT2D eigenvalue weighted by atomic mass is 35.5. The summed E-state index contributed by atoms with van der Waals surface area (Å²) >= 11 is 0. The van der Waals surface area contributed by atoms with E-state index in [4.69, 9.17) is 5.73 Å². The number of rotatable bonds is 9. The number of nitrogens with zero attached hydrogens (tertiary/aromatic N) is 1. The first kappa shape index (κ1) is 21.9. The molecule has 1 amide bonds. The van der Waals surface area contributed by atoms with Gasteiger partial charge in [-0.05, 0) is 24.6 Å². The molecule has 3 N–H and O–H groups in total. The van der Waals surface area contributed by atoms with Gasteiger partial charge in [-0.3, -0.25) is 9.69 Å². The van der Waals surface area contributed by atoms with Gasteiger partial charge in [-0.25, -0.2) is 0 Å². The summed E-state index contributed by atoms with van der Waals surface area (Å²) < 4.78 is 0. The molecule has 0 aromatic heterocycles. The minimum absolute atomic E-state index is 0. The second kappa shape index (κ2) is 11.4. The van der Waals surface area contributed by atoms with E-state index >= 15 is 0 Å². The van der Waals surface area contributed by atoms with E-state index in [1.54, 1.807) is 0 Å². The Kier molecular flexibility index (Phi) is 10.9. The number of hydrogen-bond donors (Lipinski definition) is 2. The predicted molar refractivity (Wildman–Crippen MR) is 99.8 cm³/mol. The van der Waals surface area contributed by atoms with Crippen molar-refractivity contribution in [3.8, 4) is 0 Å². The number of carbonyl (C=O) groups is 1. The van der Waals surface area contributed by atoms with Gasteiger partial charge in [-0.15, -0.1) is 12.4 Å². The average Bonchev–Trinajstić information content (AvgIpc) is 2.57. The second-order valence-corrected chi connectivity index (χ2v) is 5.80. The lowest BCUT2D eigenvalue weighted by Crippen LogP contribution is -2.47. The molecule has 0 fully saturated rings. The largest absolute Gasteiger partial charge is 0.353 e. The molecule has 0 aliphatic carbocycles. The summed E-state index contributed by atoms with van der Waals surface area (Å²) in [5.41, 5.74) is 7.24. The molecule has 1 aromatic carbocycles. The first-order valence-corrected chi connectivity index (χ1v) is 8.37. The summed E-state index contributed by atoms with van der Waals surface area (Å²) in [7, 11) is 0. The van der Waals surface area contributed by atoms with E-state index in [0.29, 0.717) is 6.54 Å². The molecule has 0 bridgehead atoms. The normalized spacial score (nSPS) is 14.7. The van der Waals surface area contributed by atoms with Crippen LogP contribution in [-0.2, 0) is 4.79 Å². The summed E-state index contributed by atoms with van der Waals surface area (Å²) in [5.74, 6) is 0.145. The van der Waals surface area contributed by atoms with Crippen LogP contribution < -0.4 is 11.1 Å². The molecule has 1 rings (SSSR count). The Morgan fingerprint density at radius 2 is 1.74 bits per heavy atom. The zero-order valence-corrected chi connectivity index (χ0v) is 15.6. The van der Waals surface area contributed by atoms with Crippen LogP contribution in [0, 0.1) is 5.92 Å². The SMILES string of the molecule is CCC(C)C(N)C(=O)NCC(c1ccccc1)N(CC)CC.Cl. The Balaban J connectivity index is 0.00000484. The molecule has 3 atom stereocenters. The minimum atomic E-state index is -0.432. The third-order valence-corrected chi connectivity index (χ3v) is 4.47. The van der Waals surface area contributed by atoms with Crippen molar-refractivity contribution in [3.63, 3.8) is 0 Å². The average molecular weight is 342 g/mol. The van der Waals surface area contributed by atoms with E-state index in [2.05, 4.69) is 43.1 Å². The molecule has 0 aliphatic heterocycles. The Bertz CT molecular complexity index is 437. The van der Waals surface area contributed by atoms with Crippen LogP contribution in [-0.4, -0.2) is 36.5 Å². The lowest BCUT2D eigenvalue weighted by molar-refractivity contribution is -0.123. The van der Waals surface area contributed by atoms with Crippen molar-refractivity contribution < 1.29 is 4.79 Å². The highest BCUT2D eigenvalue weighted by Gasteiger charge is 2.22. The summed E-state index contributed by atoms with van der Waals surface area (Å²) in [4.78, 5) is 14.6. The molecule has 5 heteroatoms. The monoisotopic (exact) mass is 341 g/mol. The van der Waals surface area contributed by atoms with Crippen LogP contribution in [0.4, 0.5) is 0 Å². The molecule has 132 valence electrons. The predicted octanol–water partition coefficient (Wildman–Crippen LogP) is 2.98. The van der Waals surface area contributed by atoms with E-state index in [-0.39, 0.29) is 30.3 Å². The first-order chi connectivity index (χ1) is 10.5. The first-order valence-electron chi connectivity index (χ1n) is 8.37. The number of nitrogens with one attached hydrogen (secondary N) is 1. The van der Waals surface area contributed by atoms with Crippen LogP contribution in [0.5, 0.6) is 0 Å². The summed E-state index contributed by atoms with van der Waals surface area (Å²) in [6, 6.07) is 10.1.